The van der Waals surface area contributed by atoms with Crippen LogP contribution in [0.3, 0.4) is 0 Å². The number of hydrogen-bond acceptors (Lipinski definition) is 4. The molecule has 20 heavy (non-hydrogen) atoms. The quantitative estimate of drug-likeness (QED) is 0.635. The highest BCUT2D eigenvalue weighted by molar-refractivity contribution is 5.83. The second-order valence-electron chi connectivity index (χ2n) is 4.58. The maximum Gasteiger partial charge on any atom is 0.336 e. The molecule has 0 spiro atoms. The van der Waals surface area contributed by atoms with Crippen LogP contribution in [0.5, 0.6) is 11.5 Å². The van der Waals surface area contributed by atoms with Gasteiger partial charge in [0, 0.05) is 11.5 Å². The molecule has 0 amide bonds. The van der Waals surface area contributed by atoms with Gasteiger partial charge in [0.05, 0.1) is 0 Å². The summed E-state index contributed by atoms with van der Waals surface area (Å²) >= 11 is 0. The second-order valence-corrected chi connectivity index (χ2v) is 4.58. The number of rotatable bonds is 1. The standard InChI is InChI=1S/C16H10O4/c17-16-6-3-12-7-10(1-4-13(12)20-16)11-2-5-14-15(8-11)19-9-18-14/h1-8H,9H2. The molecular formula is C16H10O4. The van der Waals surface area contributed by atoms with Gasteiger partial charge in [0.25, 0.3) is 0 Å². The number of ether oxygens (including phenoxy) is 2. The van der Waals surface area contributed by atoms with Crippen LogP contribution in [-0.4, -0.2) is 6.79 Å². The number of hydrogen-bond donors (Lipinski definition) is 0. The monoisotopic (exact) mass is 266 g/mol. The maximum absolute atomic E-state index is 11.2. The third-order valence-corrected chi connectivity index (χ3v) is 3.33. The topological polar surface area (TPSA) is 48.7 Å². The molecule has 2 aromatic carbocycles. The van der Waals surface area contributed by atoms with Crippen LogP contribution in [0.4, 0.5) is 0 Å². The minimum absolute atomic E-state index is 0.266. The predicted molar refractivity (Wildman–Crippen MR) is 74.0 cm³/mol. The average molecular weight is 266 g/mol. The lowest BCUT2D eigenvalue weighted by Crippen LogP contribution is -1.94. The Hall–Kier alpha value is -2.75. The normalized spacial score (nSPS) is 12.8. The molecule has 1 aromatic heterocycles. The van der Waals surface area contributed by atoms with Gasteiger partial charge in [0.1, 0.15) is 5.58 Å². The van der Waals surface area contributed by atoms with Crippen LogP contribution in [0.15, 0.2) is 57.7 Å². The molecule has 4 heteroatoms. The fourth-order valence-electron chi connectivity index (χ4n) is 2.33. The van der Waals surface area contributed by atoms with Gasteiger partial charge in [-0.05, 0) is 41.5 Å². The van der Waals surface area contributed by atoms with Crippen molar-refractivity contribution in [1.82, 2.24) is 0 Å². The maximum atomic E-state index is 11.2. The molecule has 0 fully saturated rings. The van der Waals surface area contributed by atoms with E-state index in [1.165, 1.54) is 6.07 Å². The van der Waals surface area contributed by atoms with E-state index in [9.17, 15) is 4.79 Å². The summed E-state index contributed by atoms with van der Waals surface area (Å²) in [5.41, 5.74) is 2.31. The van der Waals surface area contributed by atoms with Gasteiger partial charge in [-0.25, -0.2) is 4.79 Å². The van der Waals surface area contributed by atoms with E-state index in [-0.39, 0.29) is 12.4 Å². The summed E-state index contributed by atoms with van der Waals surface area (Å²) in [6, 6.07) is 14.7. The molecule has 0 unspecified atom stereocenters. The number of benzene rings is 2. The van der Waals surface area contributed by atoms with Gasteiger partial charge < -0.3 is 13.9 Å². The first-order valence-corrected chi connectivity index (χ1v) is 6.23. The predicted octanol–water partition coefficient (Wildman–Crippen LogP) is 3.19. The van der Waals surface area contributed by atoms with Crippen molar-refractivity contribution in [2.75, 3.05) is 6.79 Å². The second kappa shape index (κ2) is 4.13. The zero-order valence-corrected chi connectivity index (χ0v) is 10.5. The van der Waals surface area contributed by atoms with Crippen LogP contribution in [-0.2, 0) is 0 Å². The average Bonchev–Trinajstić information content (AvgIpc) is 2.94. The van der Waals surface area contributed by atoms with Crippen molar-refractivity contribution >= 4 is 11.0 Å². The highest BCUT2D eigenvalue weighted by Gasteiger charge is 2.14. The third-order valence-electron chi connectivity index (χ3n) is 3.33. The molecule has 4 rings (SSSR count). The van der Waals surface area contributed by atoms with Crippen molar-refractivity contribution in [2.45, 2.75) is 0 Å². The fraction of sp³-hybridized carbons (Fsp3) is 0.0625. The molecule has 0 atom stereocenters. The van der Waals surface area contributed by atoms with Crippen LogP contribution in [0, 0.1) is 0 Å². The summed E-state index contributed by atoms with van der Waals surface area (Å²) in [4.78, 5) is 11.2. The van der Waals surface area contributed by atoms with Crippen molar-refractivity contribution < 1.29 is 13.9 Å². The lowest BCUT2D eigenvalue weighted by Gasteiger charge is -2.04. The largest absolute Gasteiger partial charge is 0.454 e. The van der Waals surface area contributed by atoms with Crippen LogP contribution in [0.1, 0.15) is 0 Å². The summed E-state index contributed by atoms with van der Waals surface area (Å²) in [7, 11) is 0. The molecule has 1 aliphatic heterocycles. The highest BCUT2D eigenvalue weighted by Crippen LogP contribution is 2.36. The van der Waals surface area contributed by atoms with Crippen molar-refractivity contribution in [3.63, 3.8) is 0 Å². The third kappa shape index (κ3) is 1.73. The van der Waals surface area contributed by atoms with Gasteiger partial charge in [-0.1, -0.05) is 12.1 Å². The summed E-state index contributed by atoms with van der Waals surface area (Å²) in [6.45, 7) is 0.266. The van der Waals surface area contributed by atoms with Gasteiger partial charge in [0.2, 0.25) is 6.79 Å². The van der Waals surface area contributed by atoms with Crippen LogP contribution in [0.2, 0.25) is 0 Å². The first-order valence-electron chi connectivity index (χ1n) is 6.23. The van der Waals surface area contributed by atoms with E-state index >= 15 is 0 Å². The van der Waals surface area contributed by atoms with Crippen LogP contribution >= 0.6 is 0 Å². The Morgan fingerprint density at radius 3 is 2.55 bits per heavy atom. The highest BCUT2D eigenvalue weighted by atomic mass is 16.7. The van der Waals surface area contributed by atoms with Gasteiger partial charge in [-0.2, -0.15) is 0 Å². The molecule has 0 saturated carbocycles. The van der Waals surface area contributed by atoms with Crippen molar-refractivity contribution in [3.05, 3.63) is 59.0 Å². The van der Waals surface area contributed by atoms with Gasteiger partial charge in [0.15, 0.2) is 11.5 Å². The molecule has 1 aliphatic rings. The first kappa shape index (κ1) is 11.1. The fourth-order valence-corrected chi connectivity index (χ4v) is 2.33. The summed E-state index contributed by atoms with van der Waals surface area (Å²) < 4.78 is 15.8. The molecule has 0 saturated heterocycles. The molecule has 98 valence electrons. The Labute approximate surface area is 114 Å². The zero-order valence-electron chi connectivity index (χ0n) is 10.5. The molecule has 3 aromatic rings. The first-order chi connectivity index (χ1) is 9.79. The van der Waals surface area contributed by atoms with E-state index in [2.05, 4.69) is 0 Å². The molecule has 4 nitrogen and oxygen atoms in total. The van der Waals surface area contributed by atoms with E-state index in [1.54, 1.807) is 12.1 Å². The lowest BCUT2D eigenvalue weighted by atomic mass is 10.0. The summed E-state index contributed by atoms with van der Waals surface area (Å²) in [5.74, 6) is 1.52. The van der Waals surface area contributed by atoms with E-state index in [0.717, 1.165) is 28.0 Å². The van der Waals surface area contributed by atoms with E-state index in [1.807, 2.05) is 30.3 Å². The van der Waals surface area contributed by atoms with Gasteiger partial charge in [-0.3, -0.25) is 0 Å². The molecule has 2 heterocycles. The smallest absolute Gasteiger partial charge is 0.336 e. The Morgan fingerprint density at radius 1 is 0.800 bits per heavy atom. The van der Waals surface area contributed by atoms with Gasteiger partial charge >= 0.3 is 5.63 Å². The van der Waals surface area contributed by atoms with Crippen molar-refractivity contribution in [1.29, 1.82) is 0 Å². The molecule has 0 aliphatic carbocycles. The molecule has 0 radical (unpaired) electrons. The van der Waals surface area contributed by atoms with Crippen LogP contribution in [0.25, 0.3) is 22.1 Å². The Kier molecular flexibility index (Phi) is 2.29. The van der Waals surface area contributed by atoms with Crippen LogP contribution < -0.4 is 15.1 Å². The Bertz CT molecular complexity index is 864. The lowest BCUT2D eigenvalue weighted by molar-refractivity contribution is 0.174. The van der Waals surface area contributed by atoms with E-state index in [4.69, 9.17) is 13.9 Å². The Morgan fingerprint density at radius 2 is 1.60 bits per heavy atom. The van der Waals surface area contributed by atoms with Crippen molar-refractivity contribution in [3.8, 4) is 22.6 Å². The molecule has 0 N–H and O–H groups in total. The molecule has 0 bridgehead atoms. The van der Waals surface area contributed by atoms with Gasteiger partial charge in [-0.15, -0.1) is 0 Å². The molecular weight excluding hydrogens is 256 g/mol. The summed E-state index contributed by atoms with van der Waals surface area (Å²) in [5, 5.41) is 0.889. The summed E-state index contributed by atoms with van der Waals surface area (Å²) in [6.07, 6.45) is 0. The minimum atomic E-state index is -0.340. The number of fused-ring (bicyclic) bond motifs is 2. The van der Waals surface area contributed by atoms with E-state index in [0.29, 0.717) is 5.58 Å². The Balaban J connectivity index is 1.85. The zero-order chi connectivity index (χ0) is 13.5. The SMILES string of the molecule is O=c1ccc2cc(-c3ccc4c(c3)OCO4)ccc2o1. The van der Waals surface area contributed by atoms with E-state index < -0.39 is 0 Å². The van der Waals surface area contributed by atoms with Crippen molar-refractivity contribution in [2.24, 2.45) is 0 Å². The minimum Gasteiger partial charge on any atom is -0.454 e.